The number of likely N-dealkylation sites (tertiary alicyclic amines) is 2. The van der Waals surface area contributed by atoms with Crippen molar-refractivity contribution in [2.45, 2.75) is 49.4 Å². The molecule has 0 aliphatic carbocycles. The van der Waals surface area contributed by atoms with Crippen molar-refractivity contribution < 1.29 is 22.7 Å². The Morgan fingerprint density at radius 2 is 1.90 bits per heavy atom. The minimum Gasteiger partial charge on any atom is -0.381 e. The molecule has 0 N–H and O–H groups in total. The lowest BCUT2D eigenvalue weighted by atomic mass is 9.86. The first kappa shape index (κ1) is 27.5. The standard InChI is InChI=1S/C27H36F3N5O2S2/c28-27(29,30)12-21-11-22-23(31-17-32-24(22)39-21)35-15-20-14-33(8-5-26(20,38)16-35)13-18-1-6-34(7-2-18)25(36)19-3-9-37-10-4-19/h11,17-20,38H,1-10,12-16H2/t20-,26-/m0/s1. The Hall–Kier alpha value is -1.63. The van der Waals surface area contributed by atoms with Gasteiger partial charge in [-0.15, -0.1) is 11.3 Å². The molecule has 2 aromatic rings. The van der Waals surface area contributed by atoms with Crippen LogP contribution in [0, 0.1) is 17.8 Å². The molecule has 0 saturated carbocycles. The second-order valence-electron chi connectivity index (χ2n) is 11.8. The normalized spacial score (nSPS) is 27.8. The molecule has 0 radical (unpaired) electrons. The number of anilines is 1. The van der Waals surface area contributed by atoms with Crippen LogP contribution >= 0.6 is 24.0 Å². The second kappa shape index (κ2) is 11.0. The lowest BCUT2D eigenvalue weighted by Crippen LogP contribution is -2.50. The summed E-state index contributed by atoms with van der Waals surface area (Å²) in [7, 11) is 0. The maximum atomic E-state index is 13.0. The first-order valence-corrected chi connectivity index (χ1v) is 15.3. The molecule has 1 amide bonds. The zero-order valence-corrected chi connectivity index (χ0v) is 23.7. The van der Waals surface area contributed by atoms with Crippen LogP contribution in [0.3, 0.4) is 0 Å². The summed E-state index contributed by atoms with van der Waals surface area (Å²) >= 11 is 6.25. The molecule has 0 unspecified atom stereocenters. The Balaban J connectivity index is 1.05. The molecular formula is C27H36F3N5O2S2. The Labute approximate surface area is 236 Å². The van der Waals surface area contributed by atoms with Crippen LogP contribution in [0.2, 0.25) is 0 Å². The molecule has 0 bridgehead atoms. The molecule has 39 heavy (non-hydrogen) atoms. The Bertz CT molecular complexity index is 1180. The molecule has 2 aromatic heterocycles. The van der Waals surface area contributed by atoms with Crippen LogP contribution in [0.15, 0.2) is 12.4 Å². The van der Waals surface area contributed by atoms with E-state index in [0.29, 0.717) is 41.2 Å². The monoisotopic (exact) mass is 583 g/mol. The van der Waals surface area contributed by atoms with Gasteiger partial charge in [-0.05, 0) is 50.6 Å². The number of carbonyl (C=O) groups excluding carboxylic acids is 1. The van der Waals surface area contributed by atoms with Gasteiger partial charge >= 0.3 is 6.18 Å². The molecule has 4 fully saturated rings. The van der Waals surface area contributed by atoms with Gasteiger partial charge in [-0.25, -0.2) is 9.97 Å². The lowest BCUT2D eigenvalue weighted by molar-refractivity contribution is -0.140. The molecule has 214 valence electrons. The fourth-order valence-electron chi connectivity index (χ4n) is 6.89. The first-order valence-electron chi connectivity index (χ1n) is 14.0. The van der Waals surface area contributed by atoms with Crippen LogP contribution in [0.1, 0.15) is 37.0 Å². The van der Waals surface area contributed by atoms with Crippen molar-refractivity contribution in [1.82, 2.24) is 19.8 Å². The molecule has 2 atom stereocenters. The number of thiol groups is 1. The van der Waals surface area contributed by atoms with Crippen molar-refractivity contribution in [3.8, 4) is 0 Å². The number of ether oxygens (including phenoxy) is 1. The first-order chi connectivity index (χ1) is 18.7. The van der Waals surface area contributed by atoms with E-state index in [1.54, 1.807) is 6.07 Å². The van der Waals surface area contributed by atoms with Crippen molar-refractivity contribution in [2.75, 3.05) is 63.9 Å². The zero-order valence-electron chi connectivity index (χ0n) is 22.0. The van der Waals surface area contributed by atoms with Crippen LogP contribution in [-0.4, -0.2) is 95.6 Å². The number of aromatic nitrogens is 2. The SMILES string of the molecule is O=C(C1CCOCC1)N1CCC(CN2CC[C@]3(S)CN(c4ncnc5sc(CC(F)(F)F)cc45)C[C@@H]3C2)CC1. The van der Waals surface area contributed by atoms with Crippen molar-refractivity contribution in [3.05, 3.63) is 17.3 Å². The van der Waals surface area contributed by atoms with E-state index in [1.165, 1.54) is 6.33 Å². The zero-order chi connectivity index (χ0) is 27.2. The number of nitrogens with zero attached hydrogens (tertiary/aromatic N) is 5. The van der Waals surface area contributed by atoms with Crippen molar-refractivity contribution >= 4 is 45.9 Å². The average Bonchev–Trinajstić information content (AvgIpc) is 3.47. The summed E-state index contributed by atoms with van der Waals surface area (Å²) in [6.07, 6.45) is 1.03. The van der Waals surface area contributed by atoms with E-state index in [4.69, 9.17) is 17.4 Å². The molecule has 7 nitrogen and oxygen atoms in total. The molecule has 12 heteroatoms. The average molecular weight is 584 g/mol. The third-order valence-electron chi connectivity index (χ3n) is 9.05. The molecular weight excluding hydrogens is 547 g/mol. The van der Waals surface area contributed by atoms with Gasteiger partial charge in [0.15, 0.2) is 0 Å². The largest absolute Gasteiger partial charge is 0.393 e. The number of alkyl halides is 3. The van der Waals surface area contributed by atoms with Gasteiger partial charge in [-0.2, -0.15) is 25.8 Å². The van der Waals surface area contributed by atoms with Crippen LogP contribution in [0.5, 0.6) is 0 Å². The van der Waals surface area contributed by atoms with Crippen LogP contribution < -0.4 is 4.90 Å². The molecule has 0 spiro atoms. The van der Waals surface area contributed by atoms with E-state index in [-0.39, 0.29) is 15.5 Å². The van der Waals surface area contributed by atoms with Gasteiger partial charge in [0.05, 0.1) is 11.8 Å². The third-order valence-corrected chi connectivity index (χ3v) is 10.8. The fourth-order valence-corrected chi connectivity index (χ4v) is 8.34. The molecule has 6 heterocycles. The van der Waals surface area contributed by atoms with Crippen molar-refractivity contribution in [2.24, 2.45) is 17.8 Å². The third kappa shape index (κ3) is 6.04. The lowest BCUT2D eigenvalue weighted by Gasteiger charge is -2.43. The number of piperidine rings is 2. The van der Waals surface area contributed by atoms with Gasteiger partial charge in [0.2, 0.25) is 5.91 Å². The van der Waals surface area contributed by atoms with E-state index >= 15 is 0 Å². The number of rotatable bonds is 5. The maximum Gasteiger partial charge on any atom is 0.393 e. The molecule has 4 saturated heterocycles. The van der Waals surface area contributed by atoms with Crippen molar-refractivity contribution in [1.29, 1.82) is 0 Å². The van der Waals surface area contributed by atoms with E-state index in [9.17, 15) is 18.0 Å². The minimum absolute atomic E-state index is 0.132. The highest BCUT2D eigenvalue weighted by atomic mass is 32.1. The van der Waals surface area contributed by atoms with Crippen LogP contribution in [-0.2, 0) is 16.0 Å². The highest BCUT2D eigenvalue weighted by Gasteiger charge is 2.48. The van der Waals surface area contributed by atoms with Gasteiger partial charge < -0.3 is 19.4 Å². The number of hydrogen-bond donors (Lipinski definition) is 1. The number of thiophene rings is 1. The summed E-state index contributed by atoms with van der Waals surface area (Å²) in [5.74, 6) is 2.11. The summed E-state index contributed by atoms with van der Waals surface area (Å²) < 4.78 is 44.2. The van der Waals surface area contributed by atoms with Crippen LogP contribution in [0.4, 0.5) is 19.0 Å². The molecule has 4 aliphatic rings. The topological polar surface area (TPSA) is 61.8 Å². The number of fused-ring (bicyclic) bond motifs is 2. The number of carbonyl (C=O) groups is 1. The van der Waals surface area contributed by atoms with E-state index < -0.39 is 12.6 Å². The second-order valence-corrected chi connectivity index (χ2v) is 13.8. The summed E-state index contributed by atoms with van der Waals surface area (Å²) in [4.78, 5) is 29.4. The predicted octanol–water partition coefficient (Wildman–Crippen LogP) is 4.27. The predicted molar refractivity (Wildman–Crippen MR) is 148 cm³/mol. The Kier molecular flexibility index (Phi) is 7.75. The van der Waals surface area contributed by atoms with Gasteiger partial charge in [-0.1, -0.05) is 0 Å². The molecule has 0 aromatic carbocycles. The van der Waals surface area contributed by atoms with E-state index in [1.807, 2.05) is 0 Å². The summed E-state index contributed by atoms with van der Waals surface area (Å²) in [6.45, 7) is 7.60. The van der Waals surface area contributed by atoms with Crippen LogP contribution in [0.25, 0.3) is 10.2 Å². The van der Waals surface area contributed by atoms with E-state index in [2.05, 4.69) is 24.7 Å². The van der Waals surface area contributed by atoms with Crippen molar-refractivity contribution in [3.63, 3.8) is 0 Å². The highest BCUT2D eigenvalue weighted by molar-refractivity contribution is 7.81. The van der Waals surface area contributed by atoms with E-state index in [0.717, 1.165) is 95.1 Å². The summed E-state index contributed by atoms with van der Waals surface area (Å²) in [5.41, 5.74) is 0. The quantitative estimate of drug-likeness (QED) is 0.531. The summed E-state index contributed by atoms with van der Waals surface area (Å²) in [6, 6.07) is 1.61. The minimum atomic E-state index is -4.24. The van der Waals surface area contributed by atoms with Gasteiger partial charge in [0, 0.05) is 73.9 Å². The Morgan fingerprint density at radius 3 is 2.64 bits per heavy atom. The summed E-state index contributed by atoms with van der Waals surface area (Å²) in [5, 5.41) is 0.705. The van der Waals surface area contributed by atoms with Gasteiger partial charge in [-0.3, -0.25) is 4.79 Å². The Morgan fingerprint density at radius 1 is 1.13 bits per heavy atom. The fraction of sp³-hybridized carbons (Fsp3) is 0.741. The highest BCUT2D eigenvalue weighted by Crippen LogP contribution is 2.44. The van der Waals surface area contributed by atoms with Gasteiger partial charge in [0.25, 0.3) is 0 Å². The smallest absolute Gasteiger partial charge is 0.381 e. The maximum absolute atomic E-state index is 13.0. The number of halogens is 3. The molecule has 4 aliphatic heterocycles. The number of hydrogen-bond acceptors (Lipinski definition) is 8. The molecule has 6 rings (SSSR count). The number of amides is 1. The van der Waals surface area contributed by atoms with Gasteiger partial charge in [0.1, 0.15) is 17.0 Å².